The van der Waals surface area contributed by atoms with Gasteiger partial charge in [0.05, 0.1) is 0 Å². The molecule has 27 heavy (non-hydrogen) atoms. The maximum absolute atomic E-state index is 12.3. The molecule has 0 aliphatic carbocycles. The largest absolute Gasteiger partial charge is 0.352 e. The van der Waals surface area contributed by atoms with E-state index in [1.54, 1.807) is 12.2 Å². The van der Waals surface area contributed by atoms with Gasteiger partial charge in [-0.1, -0.05) is 54.6 Å². The normalized spacial score (nSPS) is 12.2. The molecule has 0 radical (unpaired) electrons. The molecule has 1 aromatic heterocycles. The zero-order valence-electron chi connectivity index (χ0n) is 14.8. The second-order valence-corrected chi connectivity index (χ2v) is 6.09. The zero-order chi connectivity index (χ0) is 19.2. The van der Waals surface area contributed by atoms with Gasteiger partial charge in [-0.25, -0.2) is 0 Å². The van der Waals surface area contributed by atoms with Crippen molar-refractivity contribution in [3.63, 3.8) is 0 Å². The summed E-state index contributed by atoms with van der Waals surface area (Å²) in [5.74, 6) is -0.0952. The van der Waals surface area contributed by atoms with Crippen LogP contribution in [0.15, 0.2) is 64.2 Å². The summed E-state index contributed by atoms with van der Waals surface area (Å²) in [5.41, 5.74) is 1.79. The first-order chi connectivity index (χ1) is 13.0. The van der Waals surface area contributed by atoms with Crippen LogP contribution in [0.2, 0.25) is 0 Å². The van der Waals surface area contributed by atoms with E-state index in [4.69, 9.17) is 0 Å². The molecule has 6 heteroatoms. The fourth-order valence-corrected chi connectivity index (χ4v) is 2.54. The Kier molecular flexibility index (Phi) is 5.47. The maximum atomic E-state index is 12.3. The van der Waals surface area contributed by atoms with Crippen LogP contribution in [0.25, 0.3) is 12.2 Å². The van der Waals surface area contributed by atoms with E-state index < -0.39 is 0 Å². The number of carbonyl (C=O) groups is 1. The lowest BCUT2D eigenvalue weighted by atomic mass is 10.1. The van der Waals surface area contributed by atoms with Crippen LogP contribution < -0.4 is 27.1 Å². The number of carbonyl (C=O) groups excluding carboxylic acids is 1. The molecule has 3 aromatic rings. The summed E-state index contributed by atoms with van der Waals surface area (Å²) < 4.78 is 0. The fraction of sp³-hybridized carbons (Fsp3) is 0.0952. The Bertz CT molecular complexity index is 1170. The number of aromatic amines is 2. The molecular formula is C21H19N3O3. The lowest BCUT2D eigenvalue weighted by Gasteiger charge is -2.02. The topological polar surface area (TPSA) is 94.8 Å². The first kappa shape index (κ1) is 18.1. The van der Waals surface area contributed by atoms with Crippen molar-refractivity contribution < 1.29 is 4.79 Å². The number of amides is 1. The van der Waals surface area contributed by atoms with E-state index in [-0.39, 0.29) is 27.7 Å². The number of hydrogen-bond donors (Lipinski definition) is 3. The zero-order valence-corrected chi connectivity index (χ0v) is 14.8. The van der Waals surface area contributed by atoms with Gasteiger partial charge in [0, 0.05) is 13.5 Å². The maximum Gasteiger partial charge on any atom is 0.272 e. The molecule has 1 heterocycles. The third kappa shape index (κ3) is 4.92. The molecule has 136 valence electrons. The minimum atomic E-state index is -0.376. The van der Waals surface area contributed by atoms with Gasteiger partial charge in [0.1, 0.15) is 10.7 Å². The van der Waals surface area contributed by atoms with Crippen LogP contribution in [-0.2, 0) is 11.3 Å². The predicted molar refractivity (Wildman–Crippen MR) is 104 cm³/mol. The SMILES string of the molecule is CC(=O)NCc1ccc(/C=c2\[nH]c(=O)/c(=C/c3ccccc3)[nH]c2=O)cc1. The summed E-state index contributed by atoms with van der Waals surface area (Å²) in [6.45, 7) is 1.90. The van der Waals surface area contributed by atoms with Crippen LogP contribution in [0, 0.1) is 0 Å². The number of H-pyrrole nitrogens is 2. The molecule has 0 aliphatic heterocycles. The Balaban J connectivity index is 1.92. The van der Waals surface area contributed by atoms with Gasteiger partial charge in [-0.05, 0) is 28.8 Å². The lowest BCUT2D eigenvalue weighted by molar-refractivity contribution is -0.119. The van der Waals surface area contributed by atoms with Gasteiger partial charge in [-0.2, -0.15) is 0 Å². The van der Waals surface area contributed by atoms with E-state index in [0.29, 0.717) is 6.54 Å². The molecule has 0 unspecified atom stereocenters. The van der Waals surface area contributed by atoms with Crippen LogP contribution in [0.4, 0.5) is 0 Å². The number of hydrogen-bond acceptors (Lipinski definition) is 3. The minimum absolute atomic E-state index is 0.0952. The molecule has 0 saturated heterocycles. The van der Waals surface area contributed by atoms with Crippen molar-refractivity contribution >= 4 is 18.1 Å². The van der Waals surface area contributed by atoms with Gasteiger partial charge >= 0.3 is 0 Å². The quantitative estimate of drug-likeness (QED) is 0.626. The Hall–Kier alpha value is -3.67. The van der Waals surface area contributed by atoms with E-state index in [0.717, 1.165) is 16.7 Å². The van der Waals surface area contributed by atoms with Crippen molar-refractivity contribution in [3.05, 3.63) is 103 Å². The van der Waals surface area contributed by atoms with Gasteiger partial charge in [-0.3, -0.25) is 14.4 Å². The van der Waals surface area contributed by atoms with Gasteiger partial charge in [-0.15, -0.1) is 0 Å². The van der Waals surface area contributed by atoms with Crippen molar-refractivity contribution in [1.29, 1.82) is 0 Å². The third-order valence-electron chi connectivity index (χ3n) is 3.93. The van der Waals surface area contributed by atoms with Crippen molar-refractivity contribution in [1.82, 2.24) is 15.3 Å². The van der Waals surface area contributed by atoms with Crippen LogP contribution in [0.1, 0.15) is 23.6 Å². The molecule has 0 bridgehead atoms. The Labute approximate surface area is 154 Å². The molecule has 1 amide bonds. The first-order valence-electron chi connectivity index (χ1n) is 8.46. The smallest absolute Gasteiger partial charge is 0.272 e. The molecule has 0 atom stereocenters. The average Bonchev–Trinajstić information content (AvgIpc) is 2.66. The second kappa shape index (κ2) is 8.14. The van der Waals surface area contributed by atoms with Gasteiger partial charge in [0.2, 0.25) is 5.91 Å². The molecule has 0 spiro atoms. The van der Waals surface area contributed by atoms with Crippen molar-refractivity contribution in [2.75, 3.05) is 0 Å². The summed E-state index contributed by atoms with van der Waals surface area (Å²) in [4.78, 5) is 40.8. The lowest BCUT2D eigenvalue weighted by Crippen LogP contribution is -2.46. The molecule has 0 saturated carbocycles. The summed E-state index contributed by atoms with van der Waals surface area (Å²) in [5, 5.41) is 3.10. The highest BCUT2D eigenvalue weighted by atomic mass is 16.1. The number of rotatable bonds is 4. The number of aromatic nitrogens is 2. The fourth-order valence-electron chi connectivity index (χ4n) is 2.54. The summed E-state index contributed by atoms with van der Waals surface area (Å²) in [7, 11) is 0. The van der Waals surface area contributed by atoms with E-state index in [1.807, 2.05) is 54.6 Å². The van der Waals surface area contributed by atoms with E-state index in [1.165, 1.54) is 6.92 Å². The monoisotopic (exact) mass is 361 g/mol. The van der Waals surface area contributed by atoms with Crippen LogP contribution >= 0.6 is 0 Å². The number of benzene rings is 2. The summed E-state index contributed by atoms with van der Waals surface area (Å²) in [6.07, 6.45) is 3.23. The second-order valence-electron chi connectivity index (χ2n) is 6.09. The van der Waals surface area contributed by atoms with Gasteiger partial charge < -0.3 is 15.3 Å². The molecule has 6 nitrogen and oxygen atoms in total. The minimum Gasteiger partial charge on any atom is -0.352 e. The van der Waals surface area contributed by atoms with Crippen molar-refractivity contribution in [2.24, 2.45) is 0 Å². The highest BCUT2D eigenvalue weighted by Crippen LogP contribution is 2.04. The molecule has 3 rings (SSSR count). The highest BCUT2D eigenvalue weighted by molar-refractivity contribution is 5.72. The first-order valence-corrected chi connectivity index (χ1v) is 8.46. The molecule has 2 aromatic carbocycles. The van der Waals surface area contributed by atoms with E-state index >= 15 is 0 Å². The molecular weight excluding hydrogens is 342 g/mol. The Morgan fingerprint density at radius 1 is 0.852 bits per heavy atom. The van der Waals surface area contributed by atoms with E-state index in [9.17, 15) is 14.4 Å². The van der Waals surface area contributed by atoms with Crippen LogP contribution in [0.3, 0.4) is 0 Å². The third-order valence-corrected chi connectivity index (χ3v) is 3.93. The predicted octanol–water partition coefficient (Wildman–Crippen LogP) is 0.357. The number of nitrogens with one attached hydrogen (secondary N) is 3. The Morgan fingerprint density at radius 2 is 1.37 bits per heavy atom. The van der Waals surface area contributed by atoms with Crippen molar-refractivity contribution in [3.8, 4) is 0 Å². The van der Waals surface area contributed by atoms with Gasteiger partial charge in [0.25, 0.3) is 11.1 Å². The van der Waals surface area contributed by atoms with Crippen molar-refractivity contribution in [2.45, 2.75) is 13.5 Å². The van der Waals surface area contributed by atoms with Crippen LogP contribution in [0.5, 0.6) is 0 Å². The van der Waals surface area contributed by atoms with Crippen LogP contribution in [-0.4, -0.2) is 15.9 Å². The molecule has 3 N–H and O–H groups in total. The Morgan fingerprint density at radius 3 is 1.89 bits per heavy atom. The standard InChI is InChI=1S/C21H19N3O3/c1-14(25)22-13-17-9-7-16(8-10-17)12-19-21(27)23-18(20(26)24-19)11-15-5-3-2-4-6-15/h2-12H,13H2,1H3,(H,22,25)(H,23,27)(H,24,26)/b18-11-,19-12-. The van der Waals surface area contributed by atoms with Gasteiger partial charge in [0.15, 0.2) is 0 Å². The summed E-state index contributed by atoms with van der Waals surface area (Å²) in [6, 6.07) is 16.6. The molecule has 0 aliphatic rings. The average molecular weight is 361 g/mol. The van der Waals surface area contributed by atoms with E-state index in [2.05, 4.69) is 15.3 Å². The highest BCUT2D eigenvalue weighted by Gasteiger charge is 1.98. The molecule has 0 fully saturated rings. The summed E-state index contributed by atoms with van der Waals surface area (Å²) >= 11 is 0.